The third kappa shape index (κ3) is 3.40. The second-order valence-electron chi connectivity index (χ2n) is 5.16. The molecular weight excluding hydrogens is 314 g/mol. The van der Waals surface area contributed by atoms with E-state index in [2.05, 4.69) is 10.4 Å². The molecule has 2 heterocycles. The number of anilines is 1. The predicted octanol–water partition coefficient (Wildman–Crippen LogP) is 2.82. The first-order valence-electron chi connectivity index (χ1n) is 7.02. The molecule has 1 amide bonds. The summed E-state index contributed by atoms with van der Waals surface area (Å²) >= 11 is 1.41. The van der Waals surface area contributed by atoms with E-state index >= 15 is 0 Å². The second kappa shape index (κ2) is 6.21. The Kier molecular flexibility index (Phi) is 4.12. The Labute approximate surface area is 136 Å². The van der Waals surface area contributed by atoms with Crippen LogP contribution in [-0.2, 0) is 11.3 Å². The number of nitrogens with zero attached hydrogens (tertiary/aromatic N) is 2. The van der Waals surface area contributed by atoms with Crippen LogP contribution in [0.3, 0.4) is 0 Å². The highest BCUT2D eigenvalue weighted by Crippen LogP contribution is 2.21. The van der Waals surface area contributed by atoms with Crippen LogP contribution in [0.5, 0.6) is 0 Å². The SMILES string of the molecule is Cc1ccc(NC(=O)Cn2nc(-c3cccs3)oc2=O)cc1C. The van der Waals surface area contributed by atoms with Crippen molar-refractivity contribution in [2.75, 3.05) is 5.32 Å². The quantitative estimate of drug-likeness (QED) is 0.798. The van der Waals surface area contributed by atoms with Crippen LogP contribution in [0, 0.1) is 13.8 Å². The van der Waals surface area contributed by atoms with Crippen molar-refractivity contribution in [2.24, 2.45) is 0 Å². The van der Waals surface area contributed by atoms with Gasteiger partial charge in [-0.1, -0.05) is 12.1 Å². The van der Waals surface area contributed by atoms with Crippen molar-refractivity contribution in [1.82, 2.24) is 9.78 Å². The fraction of sp³-hybridized carbons (Fsp3) is 0.188. The molecule has 0 aliphatic heterocycles. The zero-order valence-corrected chi connectivity index (χ0v) is 13.5. The number of hydrogen-bond acceptors (Lipinski definition) is 5. The minimum Gasteiger partial charge on any atom is -0.387 e. The molecule has 0 aliphatic rings. The van der Waals surface area contributed by atoms with Crippen molar-refractivity contribution in [2.45, 2.75) is 20.4 Å². The van der Waals surface area contributed by atoms with Crippen molar-refractivity contribution < 1.29 is 9.21 Å². The Hall–Kier alpha value is -2.67. The first kappa shape index (κ1) is 15.2. The Balaban J connectivity index is 1.73. The lowest BCUT2D eigenvalue weighted by molar-refractivity contribution is -0.117. The molecule has 1 aromatic carbocycles. The number of amides is 1. The van der Waals surface area contributed by atoms with E-state index < -0.39 is 5.76 Å². The number of aryl methyl sites for hydroxylation is 2. The molecule has 7 heteroatoms. The zero-order valence-electron chi connectivity index (χ0n) is 12.7. The fourth-order valence-corrected chi connectivity index (χ4v) is 2.71. The summed E-state index contributed by atoms with van der Waals surface area (Å²) in [5, 5.41) is 8.67. The first-order chi connectivity index (χ1) is 11.0. The number of rotatable bonds is 4. The summed E-state index contributed by atoms with van der Waals surface area (Å²) in [6.07, 6.45) is 0. The van der Waals surface area contributed by atoms with Crippen LogP contribution >= 0.6 is 11.3 Å². The number of aromatic nitrogens is 2. The van der Waals surface area contributed by atoms with Gasteiger partial charge in [-0.25, -0.2) is 4.79 Å². The van der Waals surface area contributed by atoms with Gasteiger partial charge in [0.1, 0.15) is 6.54 Å². The van der Waals surface area contributed by atoms with E-state index in [0.29, 0.717) is 5.69 Å². The fourth-order valence-electron chi connectivity index (χ4n) is 2.06. The summed E-state index contributed by atoms with van der Waals surface area (Å²) < 4.78 is 6.09. The van der Waals surface area contributed by atoms with Gasteiger partial charge in [-0.15, -0.1) is 16.4 Å². The van der Waals surface area contributed by atoms with E-state index in [4.69, 9.17) is 4.42 Å². The standard InChI is InChI=1S/C16H15N3O3S/c1-10-5-6-12(8-11(10)2)17-14(20)9-19-16(21)22-15(18-19)13-4-3-7-23-13/h3-8H,9H2,1-2H3,(H,17,20). The molecule has 6 nitrogen and oxygen atoms in total. The van der Waals surface area contributed by atoms with Gasteiger partial charge in [0, 0.05) is 5.69 Å². The molecule has 3 aromatic rings. The van der Waals surface area contributed by atoms with E-state index in [0.717, 1.165) is 20.7 Å². The van der Waals surface area contributed by atoms with E-state index in [1.54, 1.807) is 6.07 Å². The first-order valence-corrected chi connectivity index (χ1v) is 7.90. The zero-order chi connectivity index (χ0) is 16.4. The lowest BCUT2D eigenvalue weighted by Gasteiger charge is -2.07. The Morgan fingerprint density at radius 1 is 1.30 bits per heavy atom. The Morgan fingerprint density at radius 3 is 2.83 bits per heavy atom. The van der Waals surface area contributed by atoms with Gasteiger partial charge in [-0.05, 0) is 48.6 Å². The predicted molar refractivity (Wildman–Crippen MR) is 88.6 cm³/mol. The number of benzene rings is 1. The normalized spacial score (nSPS) is 10.7. The smallest absolute Gasteiger partial charge is 0.387 e. The van der Waals surface area contributed by atoms with Crippen molar-refractivity contribution in [3.63, 3.8) is 0 Å². The molecule has 2 aromatic heterocycles. The molecule has 0 atom stereocenters. The molecule has 0 unspecified atom stereocenters. The van der Waals surface area contributed by atoms with Crippen LogP contribution in [0.25, 0.3) is 10.8 Å². The molecular formula is C16H15N3O3S. The van der Waals surface area contributed by atoms with Crippen LogP contribution in [0.2, 0.25) is 0 Å². The van der Waals surface area contributed by atoms with E-state index in [1.165, 1.54) is 11.3 Å². The van der Waals surface area contributed by atoms with Crippen LogP contribution in [0.15, 0.2) is 44.9 Å². The number of carbonyl (C=O) groups is 1. The molecule has 0 fully saturated rings. The summed E-state index contributed by atoms with van der Waals surface area (Å²) in [7, 11) is 0. The summed E-state index contributed by atoms with van der Waals surface area (Å²) in [5.41, 5.74) is 2.92. The molecule has 0 saturated carbocycles. The van der Waals surface area contributed by atoms with Crippen molar-refractivity contribution in [3.05, 3.63) is 57.4 Å². The number of nitrogens with one attached hydrogen (secondary N) is 1. The molecule has 1 N–H and O–H groups in total. The average molecular weight is 329 g/mol. The summed E-state index contributed by atoms with van der Waals surface area (Å²) in [6, 6.07) is 9.28. The number of thiophene rings is 1. The van der Waals surface area contributed by atoms with Crippen molar-refractivity contribution in [1.29, 1.82) is 0 Å². The highest BCUT2D eigenvalue weighted by molar-refractivity contribution is 7.13. The lowest BCUT2D eigenvalue weighted by atomic mass is 10.1. The Bertz CT molecular complexity index is 894. The summed E-state index contributed by atoms with van der Waals surface area (Å²) in [6.45, 7) is 3.78. The minimum atomic E-state index is -0.649. The summed E-state index contributed by atoms with van der Waals surface area (Å²) in [4.78, 5) is 24.6. The molecule has 23 heavy (non-hydrogen) atoms. The maximum atomic E-state index is 12.1. The second-order valence-corrected chi connectivity index (χ2v) is 6.10. The number of carbonyl (C=O) groups excluding carboxylic acids is 1. The molecule has 0 spiro atoms. The maximum Gasteiger partial charge on any atom is 0.437 e. The average Bonchev–Trinajstić information content (AvgIpc) is 3.13. The molecule has 0 saturated heterocycles. The lowest BCUT2D eigenvalue weighted by Crippen LogP contribution is -2.25. The summed E-state index contributed by atoms with van der Waals surface area (Å²) in [5.74, 6) is -0.756. The Morgan fingerprint density at radius 2 is 2.13 bits per heavy atom. The third-order valence-corrected chi connectivity index (χ3v) is 4.28. The van der Waals surface area contributed by atoms with Crippen molar-refractivity contribution in [3.8, 4) is 10.8 Å². The van der Waals surface area contributed by atoms with Gasteiger partial charge in [0.2, 0.25) is 5.91 Å². The van der Waals surface area contributed by atoms with E-state index in [1.807, 2.05) is 43.5 Å². The van der Waals surface area contributed by atoms with Gasteiger partial charge in [0.25, 0.3) is 5.89 Å². The number of hydrogen-bond donors (Lipinski definition) is 1. The largest absolute Gasteiger partial charge is 0.437 e. The monoisotopic (exact) mass is 329 g/mol. The van der Waals surface area contributed by atoms with Crippen LogP contribution in [0.1, 0.15) is 11.1 Å². The molecule has 0 aliphatic carbocycles. The van der Waals surface area contributed by atoms with E-state index in [-0.39, 0.29) is 18.3 Å². The van der Waals surface area contributed by atoms with Gasteiger partial charge in [0.05, 0.1) is 4.88 Å². The molecule has 0 radical (unpaired) electrons. The van der Waals surface area contributed by atoms with Gasteiger partial charge in [-0.3, -0.25) is 4.79 Å². The van der Waals surface area contributed by atoms with Gasteiger partial charge in [-0.2, -0.15) is 4.68 Å². The van der Waals surface area contributed by atoms with Gasteiger partial charge < -0.3 is 9.73 Å². The molecule has 3 rings (SSSR count). The highest BCUT2D eigenvalue weighted by Gasteiger charge is 2.14. The van der Waals surface area contributed by atoms with Crippen LogP contribution in [-0.4, -0.2) is 15.7 Å². The molecule has 118 valence electrons. The van der Waals surface area contributed by atoms with Crippen LogP contribution < -0.4 is 11.1 Å². The topological polar surface area (TPSA) is 77.1 Å². The minimum absolute atomic E-state index is 0.194. The third-order valence-electron chi connectivity index (χ3n) is 3.42. The van der Waals surface area contributed by atoms with Crippen molar-refractivity contribution >= 4 is 22.9 Å². The van der Waals surface area contributed by atoms with Gasteiger partial charge in [0.15, 0.2) is 0 Å². The maximum absolute atomic E-state index is 12.1. The molecule has 0 bridgehead atoms. The van der Waals surface area contributed by atoms with Crippen LogP contribution in [0.4, 0.5) is 5.69 Å². The highest BCUT2D eigenvalue weighted by atomic mass is 32.1. The van der Waals surface area contributed by atoms with Gasteiger partial charge >= 0.3 is 5.76 Å². The van der Waals surface area contributed by atoms with E-state index in [9.17, 15) is 9.59 Å².